The van der Waals surface area contributed by atoms with Crippen LogP contribution in [0, 0.1) is 11.8 Å². The minimum absolute atomic E-state index is 0.198. The van der Waals surface area contributed by atoms with Crippen LogP contribution >= 0.6 is 0 Å². The molecule has 0 spiro atoms. The predicted molar refractivity (Wildman–Crippen MR) is 75.7 cm³/mol. The fourth-order valence-electron chi connectivity index (χ4n) is 2.66. The third-order valence-electron chi connectivity index (χ3n) is 3.98. The summed E-state index contributed by atoms with van der Waals surface area (Å²) >= 11 is 0. The van der Waals surface area contributed by atoms with Gasteiger partial charge in [0, 0.05) is 6.54 Å². The molecule has 0 radical (unpaired) electrons. The van der Waals surface area contributed by atoms with Crippen molar-refractivity contribution in [2.24, 2.45) is 11.8 Å². The number of hydrogen-bond donors (Lipinski definition) is 2. The van der Waals surface area contributed by atoms with Gasteiger partial charge in [0.1, 0.15) is 0 Å². The molecule has 108 valence electrons. The molecule has 18 heavy (non-hydrogen) atoms. The van der Waals surface area contributed by atoms with Gasteiger partial charge in [-0.2, -0.15) is 0 Å². The van der Waals surface area contributed by atoms with E-state index in [0.717, 1.165) is 18.4 Å². The zero-order chi connectivity index (χ0) is 13.4. The Kier molecular flexibility index (Phi) is 7.87. The summed E-state index contributed by atoms with van der Waals surface area (Å²) in [6.45, 7) is 8.43. The van der Waals surface area contributed by atoms with Gasteiger partial charge in [0.2, 0.25) is 0 Å². The molecular weight excluding hydrogens is 226 g/mol. The summed E-state index contributed by atoms with van der Waals surface area (Å²) < 4.78 is 5.38. The number of aliphatic hydroxyl groups is 1. The Morgan fingerprint density at radius 1 is 1.17 bits per heavy atom. The van der Waals surface area contributed by atoms with Crippen molar-refractivity contribution in [3.63, 3.8) is 0 Å². The number of nitrogens with one attached hydrogen (secondary N) is 1. The fraction of sp³-hybridized carbons (Fsp3) is 1.00. The second kappa shape index (κ2) is 8.89. The van der Waals surface area contributed by atoms with Crippen LogP contribution in [0.2, 0.25) is 0 Å². The lowest BCUT2D eigenvalue weighted by molar-refractivity contribution is 0.00597. The first-order valence-corrected chi connectivity index (χ1v) is 7.62. The molecule has 1 atom stereocenters. The van der Waals surface area contributed by atoms with Gasteiger partial charge in [0.25, 0.3) is 0 Å². The monoisotopic (exact) mass is 257 g/mol. The molecule has 1 saturated carbocycles. The summed E-state index contributed by atoms with van der Waals surface area (Å²) in [7, 11) is 0. The van der Waals surface area contributed by atoms with Gasteiger partial charge in [0.15, 0.2) is 0 Å². The van der Waals surface area contributed by atoms with Crippen LogP contribution in [0.25, 0.3) is 0 Å². The summed E-state index contributed by atoms with van der Waals surface area (Å²) in [6.07, 6.45) is 6.65. The molecule has 1 rings (SSSR count). The molecule has 0 aromatic rings. The summed E-state index contributed by atoms with van der Waals surface area (Å²) in [5, 5.41) is 13.1. The maximum atomic E-state index is 9.72. The number of aliphatic hydroxyl groups excluding tert-OH is 1. The van der Waals surface area contributed by atoms with Crippen LogP contribution < -0.4 is 5.32 Å². The van der Waals surface area contributed by atoms with Gasteiger partial charge in [-0.05, 0) is 45.1 Å². The molecule has 0 aromatic heterocycles. The van der Waals surface area contributed by atoms with Crippen molar-refractivity contribution in [1.29, 1.82) is 0 Å². The standard InChI is InChI=1S/C15H31NO2/c1-4-13-5-7-14(8-6-13)9-16-10-15(17)11-18-12(2)3/h12-17H,4-11H2,1-3H3. The Hall–Kier alpha value is -0.120. The molecular formula is C15H31NO2. The quantitative estimate of drug-likeness (QED) is 0.702. The van der Waals surface area contributed by atoms with E-state index in [1.165, 1.54) is 32.1 Å². The molecule has 1 unspecified atom stereocenters. The van der Waals surface area contributed by atoms with Gasteiger partial charge < -0.3 is 15.2 Å². The molecule has 0 aliphatic heterocycles. The van der Waals surface area contributed by atoms with Crippen molar-refractivity contribution < 1.29 is 9.84 Å². The molecule has 1 fully saturated rings. The van der Waals surface area contributed by atoms with Crippen LogP contribution in [0.15, 0.2) is 0 Å². The second-order valence-electron chi connectivity index (χ2n) is 5.99. The fourth-order valence-corrected chi connectivity index (χ4v) is 2.66. The van der Waals surface area contributed by atoms with Crippen LogP contribution in [-0.4, -0.2) is 37.0 Å². The molecule has 0 heterocycles. The van der Waals surface area contributed by atoms with Gasteiger partial charge in [0.05, 0.1) is 18.8 Å². The SMILES string of the molecule is CCC1CCC(CNCC(O)COC(C)C)CC1. The third-order valence-corrected chi connectivity index (χ3v) is 3.98. The Morgan fingerprint density at radius 2 is 1.78 bits per heavy atom. The van der Waals surface area contributed by atoms with E-state index < -0.39 is 0 Å². The van der Waals surface area contributed by atoms with Crippen molar-refractivity contribution in [1.82, 2.24) is 5.32 Å². The highest BCUT2D eigenvalue weighted by Gasteiger charge is 2.19. The smallest absolute Gasteiger partial charge is 0.0897 e. The number of hydrogen-bond acceptors (Lipinski definition) is 3. The molecule has 0 amide bonds. The molecule has 3 nitrogen and oxygen atoms in total. The van der Waals surface area contributed by atoms with Crippen molar-refractivity contribution in [2.45, 2.75) is 65.1 Å². The first-order chi connectivity index (χ1) is 8.61. The molecule has 2 N–H and O–H groups in total. The third kappa shape index (κ3) is 6.72. The van der Waals surface area contributed by atoms with E-state index in [-0.39, 0.29) is 12.2 Å². The zero-order valence-electron chi connectivity index (χ0n) is 12.3. The van der Waals surface area contributed by atoms with Gasteiger partial charge in [-0.15, -0.1) is 0 Å². The number of rotatable bonds is 8. The molecule has 0 aromatic carbocycles. The first kappa shape index (κ1) is 15.9. The Morgan fingerprint density at radius 3 is 2.33 bits per heavy atom. The van der Waals surface area contributed by atoms with Crippen LogP contribution in [0.1, 0.15) is 52.9 Å². The average molecular weight is 257 g/mol. The summed E-state index contributed by atoms with van der Waals surface area (Å²) in [4.78, 5) is 0. The lowest BCUT2D eigenvalue weighted by atomic mass is 9.81. The van der Waals surface area contributed by atoms with Gasteiger partial charge in [-0.25, -0.2) is 0 Å². The van der Waals surface area contributed by atoms with Crippen LogP contribution in [0.5, 0.6) is 0 Å². The van der Waals surface area contributed by atoms with E-state index in [4.69, 9.17) is 4.74 Å². The minimum Gasteiger partial charge on any atom is -0.389 e. The average Bonchev–Trinajstić information content (AvgIpc) is 2.37. The zero-order valence-corrected chi connectivity index (χ0v) is 12.3. The van der Waals surface area contributed by atoms with Gasteiger partial charge >= 0.3 is 0 Å². The van der Waals surface area contributed by atoms with Gasteiger partial charge in [-0.3, -0.25) is 0 Å². The van der Waals surface area contributed by atoms with E-state index in [2.05, 4.69) is 12.2 Å². The Bertz CT molecular complexity index is 201. The topological polar surface area (TPSA) is 41.5 Å². The minimum atomic E-state index is -0.376. The Balaban J connectivity index is 2.01. The molecule has 1 aliphatic rings. The molecule has 1 aliphatic carbocycles. The van der Waals surface area contributed by atoms with E-state index in [1.54, 1.807) is 0 Å². The lowest BCUT2D eigenvalue weighted by Crippen LogP contribution is -2.35. The highest BCUT2D eigenvalue weighted by Crippen LogP contribution is 2.29. The van der Waals surface area contributed by atoms with Gasteiger partial charge in [-0.1, -0.05) is 26.2 Å². The molecule has 3 heteroatoms. The summed E-state index contributed by atoms with van der Waals surface area (Å²) in [5.41, 5.74) is 0. The first-order valence-electron chi connectivity index (χ1n) is 7.62. The van der Waals surface area contributed by atoms with E-state index in [1.807, 2.05) is 13.8 Å². The summed E-state index contributed by atoms with van der Waals surface area (Å²) in [5.74, 6) is 1.78. The molecule has 0 bridgehead atoms. The van der Waals surface area contributed by atoms with Crippen molar-refractivity contribution in [3.05, 3.63) is 0 Å². The van der Waals surface area contributed by atoms with Crippen LogP contribution in [0.4, 0.5) is 0 Å². The lowest BCUT2D eigenvalue weighted by Gasteiger charge is -2.28. The number of ether oxygens (including phenoxy) is 1. The van der Waals surface area contributed by atoms with Crippen molar-refractivity contribution >= 4 is 0 Å². The maximum Gasteiger partial charge on any atom is 0.0897 e. The van der Waals surface area contributed by atoms with Crippen LogP contribution in [0.3, 0.4) is 0 Å². The largest absolute Gasteiger partial charge is 0.389 e. The highest BCUT2D eigenvalue weighted by molar-refractivity contribution is 4.74. The van der Waals surface area contributed by atoms with Crippen molar-refractivity contribution in [2.75, 3.05) is 19.7 Å². The highest BCUT2D eigenvalue weighted by atomic mass is 16.5. The van der Waals surface area contributed by atoms with E-state index in [9.17, 15) is 5.11 Å². The predicted octanol–water partition coefficient (Wildman–Crippen LogP) is 2.58. The summed E-state index contributed by atoms with van der Waals surface area (Å²) in [6, 6.07) is 0. The van der Waals surface area contributed by atoms with Crippen LogP contribution in [-0.2, 0) is 4.74 Å². The van der Waals surface area contributed by atoms with E-state index in [0.29, 0.717) is 13.2 Å². The maximum absolute atomic E-state index is 9.72. The Labute approximate surface area is 112 Å². The normalized spacial score (nSPS) is 26.5. The van der Waals surface area contributed by atoms with Crippen molar-refractivity contribution in [3.8, 4) is 0 Å². The molecule has 0 saturated heterocycles. The van der Waals surface area contributed by atoms with E-state index >= 15 is 0 Å². The second-order valence-corrected chi connectivity index (χ2v) is 5.99.